The third kappa shape index (κ3) is 3.83. The highest BCUT2D eigenvalue weighted by atomic mass is 32.1. The molecule has 0 saturated heterocycles. The summed E-state index contributed by atoms with van der Waals surface area (Å²) >= 11 is 5.22. The summed E-state index contributed by atoms with van der Waals surface area (Å²) in [5.41, 5.74) is 2.91. The molecule has 2 aromatic carbocycles. The molecule has 0 fully saturated rings. The van der Waals surface area contributed by atoms with Crippen LogP contribution in [0.15, 0.2) is 42.5 Å². The van der Waals surface area contributed by atoms with Crippen LogP contribution in [-0.4, -0.2) is 20.7 Å². The number of hydrogen-bond donors (Lipinski definition) is 2. The molecule has 0 bridgehead atoms. The second kappa shape index (κ2) is 6.98. The fourth-order valence-corrected chi connectivity index (χ4v) is 2.60. The van der Waals surface area contributed by atoms with Crippen LogP contribution < -0.4 is 5.32 Å². The normalized spacial score (nSPS) is 10.7. The van der Waals surface area contributed by atoms with Crippen molar-refractivity contribution in [3.05, 3.63) is 64.2 Å². The van der Waals surface area contributed by atoms with Gasteiger partial charge in [-0.2, -0.15) is 5.10 Å². The first-order valence-electron chi connectivity index (χ1n) is 7.72. The molecule has 2 N–H and O–H groups in total. The van der Waals surface area contributed by atoms with E-state index in [2.05, 4.69) is 15.5 Å². The molecule has 0 radical (unpaired) electrons. The predicted octanol–water partition coefficient (Wildman–Crippen LogP) is 4.00. The number of anilines is 1. The maximum atomic E-state index is 13.6. The van der Waals surface area contributed by atoms with E-state index in [1.165, 1.54) is 6.07 Å². The van der Waals surface area contributed by atoms with Gasteiger partial charge >= 0.3 is 0 Å². The van der Waals surface area contributed by atoms with E-state index in [0.717, 1.165) is 11.1 Å². The summed E-state index contributed by atoms with van der Waals surface area (Å²) in [4.78, 5) is 12.3. The highest BCUT2D eigenvalue weighted by Crippen LogP contribution is 2.18. The maximum absolute atomic E-state index is 13.6. The van der Waals surface area contributed by atoms with E-state index in [4.69, 9.17) is 12.2 Å². The molecule has 3 aromatic rings. The van der Waals surface area contributed by atoms with Crippen LogP contribution >= 0.6 is 12.2 Å². The van der Waals surface area contributed by atoms with Gasteiger partial charge in [0.2, 0.25) is 5.91 Å². The molecule has 128 valence electrons. The lowest BCUT2D eigenvalue weighted by atomic mass is 10.1. The van der Waals surface area contributed by atoms with Gasteiger partial charge in [-0.25, -0.2) is 4.39 Å². The minimum atomic E-state index is -0.363. The largest absolute Gasteiger partial charge is 0.324 e. The van der Waals surface area contributed by atoms with Crippen molar-refractivity contribution in [3.63, 3.8) is 0 Å². The molecule has 0 spiro atoms. The van der Waals surface area contributed by atoms with Crippen LogP contribution in [0.2, 0.25) is 0 Å². The molecule has 1 aromatic heterocycles. The van der Waals surface area contributed by atoms with Gasteiger partial charge in [0, 0.05) is 11.3 Å². The number of nitrogens with zero attached hydrogens (tertiary/aromatic N) is 2. The Hall–Kier alpha value is -2.80. The van der Waals surface area contributed by atoms with Crippen LogP contribution in [0, 0.1) is 24.4 Å². The number of benzene rings is 2. The Labute approximate surface area is 149 Å². The zero-order valence-electron chi connectivity index (χ0n) is 13.8. The Morgan fingerprint density at radius 1 is 1.24 bits per heavy atom. The highest BCUT2D eigenvalue weighted by molar-refractivity contribution is 7.71. The minimum absolute atomic E-state index is 0.0198. The van der Waals surface area contributed by atoms with Crippen LogP contribution in [0.1, 0.15) is 11.1 Å². The van der Waals surface area contributed by atoms with Crippen molar-refractivity contribution in [2.45, 2.75) is 20.4 Å². The number of nitrogens with one attached hydrogen (secondary N) is 2. The second-order valence-electron chi connectivity index (χ2n) is 5.82. The van der Waals surface area contributed by atoms with Gasteiger partial charge in [-0.1, -0.05) is 35.9 Å². The molecule has 7 heteroatoms. The number of H-pyrrole nitrogens is 1. The average molecular weight is 356 g/mol. The number of aromatic amines is 1. The van der Waals surface area contributed by atoms with E-state index >= 15 is 0 Å². The van der Waals surface area contributed by atoms with E-state index in [9.17, 15) is 9.18 Å². The van der Waals surface area contributed by atoms with E-state index in [1.807, 2.05) is 31.2 Å². The van der Waals surface area contributed by atoms with Crippen LogP contribution in [-0.2, 0) is 11.3 Å². The van der Waals surface area contributed by atoms with E-state index in [1.54, 1.807) is 23.6 Å². The van der Waals surface area contributed by atoms with Crippen LogP contribution in [0.5, 0.6) is 0 Å². The van der Waals surface area contributed by atoms with E-state index < -0.39 is 0 Å². The summed E-state index contributed by atoms with van der Waals surface area (Å²) in [5.74, 6) is -0.0950. The van der Waals surface area contributed by atoms with Gasteiger partial charge < -0.3 is 5.32 Å². The average Bonchev–Trinajstić information content (AvgIpc) is 2.93. The number of aromatic nitrogens is 3. The summed E-state index contributed by atoms with van der Waals surface area (Å²) in [5, 5.41) is 9.59. The van der Waals surface area contributed by atoms with Gasteiger partial charge in [-0.15, -0.1) is 0 Å². The number of aryl methyl sites for hydroxylation is 2. The van der Waals surface area contributed by atoms with Crippen molar-refractivity contribution >= 4 is 23.8 Å². The Morgan fingerprint density at radius 3 is 2.64 bits per heavy atom. The van der Waals surface area contributed by atoms with Gasteiger partial charge in [0.15, 0.2) is 10.6 Å². The summed E-state index contributed by atoms with van der Waals surface area (Å²) in [6.07, 6.45) is 0. The van der Waals surface area contributed by atoms with Gasteiger partial charge in [-0.3, -0.25) is 14.5 Å². The molecule has 0 saturated carbocycles. The smallest absolute Gasteiger partial charge is 0.244 e. The Balaban J connectivity index is 1.81. The zero-order valence-corrected chi connectivity index (χ0v) is 14.7. The quantitative estimate of drug-likeness (QED) is 0.695. The molecule has 0 atom stereocenters. The van der Waals surface area contributed by atoms with Crippen molar-refractivity contribution in [2.75, 3.05) is 5.32 Å². The number of carbonyl (C=O) groups is 1. The monoisotopic (exact) mass is 356 g/mol. The summed E-state index contributed by atoms with van der Waals surface area (Å²) in [7, 11) is 0. The lowest BCUT2D eigenvalue weighted by molar-refractivity contribution is -0.116. The van der Waals surface area contributed by atoms with Crippen molar-refractivity contribution in [1.82, 2.24) is 14.8 Å². The molecular weight excluding hydrogens is 339 g/mol. The van der Waals surface area contributed by atoms with Crippen LogP contribution in [0.25, 0.3) is 11.4 Å². The Kier molecular flexibility index (Phi) is 4.76. The molecule has 5 nitrogen and oxygen atoms in total. The molecule has 3 rings (SSSR count). The molecule has 0 aliphatic rings. The summed E-state index contributed by atoms with van der Waals surface area (Å²) in [6.45, 7) is 3.64. The van der Waals surface area contributed by atoms with E-state index in [0.29, 0.717) is 21.8 Å². The molecule has 0 aliphatic carbocycles. The highest BCUT2D eigenvalue weighted by Gasteiger charge is 2.13. The lowest BCUT2D eigenvalue weighted by Gasteiger charge is -2.09. The van der Waals surface area contributed by atoms with Crippen molar-refractivity contribution < 1.29 is 9.18 Å². The Bertz CT molecular complexity index is 975. The fourth-order valence-electron chi connectivity index (χ4n) is 2.40. The first-order valence-corrected chi connectivity index (χ1v) is 8.13. The van der Waals surface area contributed by atoms with Crippen molar-refractivity contribution in [2.24, 2.45) is 0 Å². The maximum Gasteiger partial charge on any atom is 0.244 e. The third-order valence-corrected chi connectivity index (χ3v) is 4.14. The number of amides is 1. The molecule has 1 amide bonds. The van der Waals surface area contributed by atoms with Crippen LogP contribution in [0.3, 0.4) is 0 Å². The van der Waals surface area contributed by atoms with Crippen LogP contribution in [0.4, 0.5) is 10.1 Å². The summed E-state index contributed by atoms with van der Waals surface area (Å²) < 4.78 is 15.6. The number of rotatable bonds is 4. The molecular formula is C18H17FN4OS. The van der Waals surface area contributed by atoms with Crippen molar-refractivity contribution in [1.29, 1.82) is 0 Å². The topological polar surface area (TPSA) is 62.7 Å². The summed E-state index contributed by atoms with van der Waals surface area (Å²) in [6, 6.07) is 12.3. The minimum Gasteiger partial charge on any atom is -0.324 e. The number of halogens is 1. The molecule has 1 heterocycles. The lowest BCUT2D eigenvalue weighted by Crippen LogP contribution is -2.19. The number of hydrogen-bond acceptors (Lipinski definition) is 3. The van der Waals surface area contributed by atoms with Gasteiger partial charge in [0.25, 0.3) is 0 Å². The molecule has 0 aliphatic heterocycles. The Morgan fingerprint density at radius 2 is 1.96 bits per heavy atom. The fraction of sp³-hybridized carbons (Fsp3) is 0.167. The van der Waals surface area contributed by atoms with Gasteiger partial charge in [-0.05, 0) is 43.8 Å². The first-order chi connectivity index (χ1) is 11.9. The zero-order chi connectivity index (χ0) is 18.0. The molecule has 25 heavy (non-hydrogen) atoms. The first kappa shape index (κ1) is 17.0. The predicted molar refractivity (Wildman–Crippen MR) is 97.4 cm³/mol. The van der Waals surface area contributed by atoms with Gasteiger partial charge in [0.05, 0.1) is 0 Å². The van der Waals surface area contributed by atoms with Gasteiger partial charge in [0.1, 0.15) is 12.4 Å². The van der Waals surface area contributed by atoms with Crippen molar-refractivity contribution in [3.8, 4) is 11.4 Å². The standard InChI is InChI=1S/C18H17FN4OS/c1-11-3-6-13(7-4-11)17-21-22-18(25)23(17)10-16(24)20-14-8-5-12(2)15(19)9-14/h3-9H,10H2,1-2H3,(H,20,24)(H,22,25). The number of carbonyl (C=O) groups excluding carboxylic acids is 1. The van der Waals surface area contributed by atoms with E-state index in [-0.39, 0.29) is 18.3 Å². The molecule has 0 unspecified atom stereocenters. The second-order valence-corrected chi connectivity index (χ2v) is 6.20. The third-order valence-electron chi connectivity index (χ3n) is 3.83. The SMILES string of the molecule is Cc1ccc(-c2n[nH]c(=S)n2CC(=O)Nc2ccc(C)c(F)c2)cc1.